The second kappa shape index (κ2) is 5.44. The van der Waals surface area contributed by atoms with Gasteiger partial charge in [0, 0.05) is 12.1 Å². The molecule has 21 heavy (non-hydrogen) atoms. The SMILES string of the molecule is FC(F)(F)Oc1ccc2oc(NC3CCNCC3)nc2c1. The van der Waals surface area contributed by atoms with Gasteiger partial charge in [-0.3, -0.25) is 0 Å². The average molecular weight is 301 g/mol. The topological polar surface area (TPSA) is 59.3 Å². The quantitative estimate of drug-likeness (QED) is 0.913. The highest BCUT2D eigenvalue weighted by molar-refractivity contribution is 5.76. The Balaban J connectivity index is 1.76. The summed E-state index contributed by atoms with van der Waals surface area (Å²) in [5.74, 6) is -0.309. The van der Waals surface area contributed by atoms with Gasteiger partial charge in [-0.25, -0.2) is 0 Å². The van der Waals surface area contributed by atoms with Crippen molar-refractivity contribution in [3.05, 3.63) is 18.2 Å². The van der Waals surface area contributed by atoms with Gasteiger partial charge in [-0.2, -0.15) is 4.98 Å². The predicted octanol–water partition coefficient (Wildman–Crippen LogP) is 2.89. The summed E-state index contributed by atoms with van der Waals surface area (Å²) < 4.78 is 45.8. The van der Waals surface area contributed by atoms with E-state index in [-0.39, 0.29) is 11.8 Å². The van der Waals surface area contributed by atoms with E-state index in [1.165, 1.54) is 18.2 Å². The van der Waals surface area contributed by atoms with Gasteiger partial charge in [-0.1, -0.05) is 0 Å². The number of halogens is 3. The van der Waals surface area contributed by atoms with Crippen molar-refractivity contribution < 1.29 is 22.3 Å². The first-order chi connectivity index (χ1) is 9.99. The summed E-state index contributed by atoms with van der Waals surface area (Å²) in [6.45, 7) is 1.84. The molecule has 0 atom stereocenters. The molecule has 2 N–H and O–H groups in total. The molecule has 8 heteroatoms. The van der Waals surface area contributed by atoms with Gasteiger partial charge in [0.2, 0.25) is 0 Å². The fourth-order valence-electron chi connectivity index (χ4n) is 2.31. The smallest absolute Gasteiger partial charge is 0.424 e. The second-order valence-corrected chi connectivity index (χ2v) is 4.86. The highest BCUT2D eigenvalue weighted by Gasteiger charge is 2.31. The Morgan fingerprint density at radius 1 is 1.29 bits per heavy atom. The molecule has 1 fully saturated rings. The van der Waals surface area contributed by atoms with Crippen LogP contribution in [0.15, 0.2) is 22.6 Å². The molecule has 2 aromatic rings. The van der Waals surface area contributed by atoms with Crippen LogP contribution in [0.4, 0.5) is 19.2 Å². The number of benzene rings is 1. The Morgan fingerprint density at radius 3 is 2.76 bits per heavy atom. The number of piperidine rings is 1. The zero-order chi connectivity index (χ0) is 14.9. The van der Waals surface area contributed by atoms with Crippen molar-refractivity contribution in [1.82, 2.24) is 10.3 Å². The van der Waals surface area contributed by atoms with Gasteiger partial charge in [0.1, 0.15) is 11.3 Å². The van der Waals surface area contributed by atoms with Crippen LogP contribution < -0.4 is 15.4 Å². The van der Waals surface area contributed by atoms with Crippen LogP contribution in [0, 0.1) is 0 Å². The summed E-state index contributed by atoms with van der Waals surface area (Å²) in [5.41, 5.74) is 0.745. The summed E-state index contributed by atoms with van der Waals surface area (Å²) in [7, 11) is 0. The van der Waals surface area contributed by atoms with E-state index in [1.54, 1.807) is 0 Å². The van der Waals surface area contributed by atoms with Crippen LogP contribution >= 0.6 is 0 Å². The van der Waals surface area contributed by atoms with Crippen LogP contribution in [0.5, 0.6) is 5.75 Å². The largest absolute Gasteiger partial charge is 0.573 e. The average Bonchev–Trinajstić information content (AvgIpc) is 2.79. The van der Waals surface area contributed by atoms with Crippen LogP contribution in [-0.4, -0.2) is 30.5 Å². The van der Waals surface area contributed by atoms with E-state index >= 15 is 0 Å². The molecule has 1 aromatic carbocycles. The molecule has 114 valence electrons. The fourth-order valence-corrected chi connectivity index (χ4v) is 2.31. The van der Waals surface area contributed by atoms with Crippen LogP contribution in [0.3, 0.4) is 0 Å². The standard InChI is InChI=1S/C13H14F3N3O2/c14-13(15,16)21-9-1-2-11-10(7-9)19-12(20-11)18-8-3-5-17-6-4-8/h1-2,7-8,17H,3-6H2,(H,18,19). The Labute approximate surface area is 118 Å². The molecule has 1 saturated heterocycles. The van der Waals surface area contributed by atoms with E-state index in [1.807, 2.05) is 0 Å². The molecule has 2 heterocycles. The lowest BCUT2D eigenvalue weighted by atomic mass is 10.1. The van der Waals surface area contributed by atoms with Crippen LogP contribution in [-0.2, 0) is 0 Å². The third kappa shape index (κ3) is 3.57. The molecule has 0 aliphatic carbocycles. The molecule has 1 aliphatic heterocycles. The maximum Gasteiger partial charge on any atom is 0.573 e. The molecule has 0 bridgehead atoms. The lowest BCUT2D eigenvalue weighted by molar-refractivity contribution is -0.274. The lowest BCUT2D eigenvalue weighted by Gasteiger charge is -2.22. The van der Waals surface area contributed by atoms with Crippen molar-refractivity contribution in [2.45, 2.75) is 25.2 Å². The van der Waals surface area contributed by atoms with Crippen LogP contribution in [0.1, 0.15) is 12.8 Å². The molecule has 0 spiro atoms. The van der Waals surface area contributed by atoms with E-state index in [0.29, 0.717) is 17.1 Å². The molecule has 0 radical (unpaired) electrons. The summed E-state index contributed by atoms with van der Waals surface area (Å²) in [6, 6.07) is 4.40. The summed E-state index contributed by atoms with van der Waals surface area (Å²) in [6.07, 6.45) is -2.82. The van der Waals surface area contributed by atoms with Gasteiger partial charge < -0.3 is 19.8 Å². The zero-order valence-electron chi connectivity index (χ0n) is 11.0. The first kappa shape index (κ1) is 14.0. The minimum absolute atomic E-state index is 0.255. The third-order valence-electron chi connectivity index (χ3n) is 3.26. The minimum Gasteiger partial charge on any atom is -0.424 e. The van der Waals surface area contributed by atoms with E-state index in [0.717, 1.165) is 25.9 Å². The first-order valence-corrected chi connectivity index (χ1v) is 6.63. The predicted molar refractivity (Wildman–Crippen MR) is 70.2 cm³/mol. The maximum atomic E-state index is 12.2. The Bertz CT molecular complexity index is 621. The normalized spacial score (nSPS) is 17.1. The molecule has 0 amide bonds. The van der Waals surface area contributed by atoms with Gasteiger partial charge >= 0.3 is 6.36 Å². The number of alkyl halides is 3. The minimum atomic E-state index is -4.71. The van der Waals surface area contributed by atoms with E-state index in [2.05, 4.69) is 20.4 Å². The molecule has 0 unspecified atom stereocenters. The number of rotatable bonds is 3. The number of hydrogen-bond acceptors (Lipinski definition) is 5. The first-order valence-electron chi connectivity index (χ1n) is 6.63. The molecular formula is C13H14F3N3O2. The summed E-state index contributed by atoms with van der Waals surface area (Å²) in [5, 5.41) is 6.40. The number of nitrogens with zero attached hydrogens (tertiary/aromatic N) is 1. The highest BCUT2D eigenvalue weighted by Crippen LogP contribution is 2.28. The molecule has 1 aliphatic rings. The molecule has 5 nitrogen and oxygen atoms in total. The molecular weight excluding hydrogens is 287 g/mol. The van der Waals surface area contributed by atoms with Crippen LogP contribution in [0.2, 0.25) is 0 Å². The Kier molecular flexibility index (Phi) is 3.62. The number of aromatic nitrogens is 1. The van der Waals surface area contributed by atoms with Crippen molar-refractivity contribution in [1.29, 1.82) is 0 Å². The lowest BCUT2D eigenvalue weighted by Crippen LogP contribution is -2.35. The van der Waals surface area contributed by atoms with E-state index in [9.17, 15) is 13.2 Å². The highest BCUT2D eigenvalue weighted by atomic mass is 19.4. The molecule has 1 aromatic heterocycles. The number of ether oxygens (including phenoxy) is 1. The summed E-state index contributed by atoms with van der Waals surface area (Å²) in [4.78, 5) is 4.15. The molecule has 3 rings (SSSR count). The number of nitrogens with one attached hydrogen (secondary N) is 2. The third-order valence-corrected chi connectivity index (χ3v) is 3.26. The van der Waals surface area contributed by atoms with Crippen molar-refractivity contribution in [2.24, 2.45) is 0 Å². The Morgan fingerprint density at radius 2 is 2.05 bits per heavy atom. The van der Waals surface area contributed by atoms with Crippen molar-refractivity contribution >= 4 is 17.1 Å². The fraction of sp³-hybridized carbons (Fsp3) is 0.462. The number of oxazole rings is 1. The number of anilines is 1. The van der Waals surface area contributed by atoms with Crippen LogP contribution in [0.25, 0.3) is 11.1 Å². The number of hydrogen-bond donors (Lipinski definition) is 2. The van der Waals surface area contributed by atoms with E-state index in [4.69, 9.17) is 4.42 Å². The van der Waals surface area contributed by atoms with E-state index < -0.39 is 6.36 Å². The second-order valence-electron chi connectivity index (χ2n) is 4.86. The number of fused-ring (bicyclic) bond motifs is 1. The van der Waals surface area contributed by atoms with Gasteiger partial charge in [0.05, 0.1) is 0 Å². The van der Waals surface area contributed by atoms with Crippen molar-refractivity contribution in [3.63, 3.8) is 0 Å². The van der Waals surface area contributed by atoms with Gasteiger partial charge in [0.25, 0.3) is 6.01 Å². The summed E-state index contributed by atoms with van der Waals surface area (Å²) >= 11 is 0. The van der Waals surface area contributed by atoms with Gasteiger partial charge in [-0.05, 0) is 38.1 Å². The zero-order valence-corrected chi connectivity index (χ0v) is 11.0. The van der Waals surface area contributed by atoms with Gasteiger partial charge in [0.15, 0.2) is 5.58 Å². The maximum absolute atomic E-state index is 12.2. The molecule has 0 saturated carbocycles. The van der Waals surface area contributed by atoms with Crippen molar-refractivity contribution in [3.8, 4) is 5.75 Å². The monoisotopic (exact) mass is 301 g/mol. The van der Waals surface area contributed by atoms with Crippen molar-refractivity contribution in [2.75, 3.05) is 18.4 Å². The van der Waals surface area contributed by atoms with Gasteiger partial charge in [-0.15, -0.1) is 13.2 Å². The Hall–Kier alpha value is -1.96.